The number of anilines is 2. The van der Waals surface area contributed by atoms with Gasteiger partial charge in [-0.05, 0) is 55.8 Å². The zero-order valence-electron chi connectivity index (χ0n) is 19.6. The summed E-state index contributed by atoms with van der Waals surface area (Å²) in [5, 5.41) is 3.43. The molecule has 8 heteroatoms. The molecule has 2 unspecified atom stereocenters. The van der Waals surface area contributed by atoms with E-state index in [0.717, 1.165) is 37.4 Å². The van der Waals surface area contributed by atoms with E-state index < -0.39 is 0 Å². The number of nitrogens with two attached hydrogens (primary N) is 1. The van der Waals surface area contributed by atoms with Crippen LogP contribution in [-0.2, 0) is 0 Å². The number of para-hydroxylation sites is 1. The number of hydrogen-bond acceptors (Lipinski definition) is 7. The number of nitrogen functional groups attached to an aromatic ring is 1. The quantitative estimate of drug-likeness (QED) is 0.598. The second-order valence-electron chi connectivity index (χ2n) is 8.03. The van der Waals surface area contributed by atoms with Crippen LogP contribution in [0.25, 0.3) is 0 Å². The number of carbonyl (C=O) groups is 1. The molecule has 3 aromatic rings. The third-order valence-electron chi connectivity index (χ3n) is 5.91. The highest BCUT2D eigenvalue weighted by molar-refractivity contribution is 6.10. The minimum Gasteiger partial charge on any atom is -0.471 e. The second-order valence-corrected chi connectivity index (χ2v) is 8.03. The van der Waals surface area contributed by atoms with Gasteiger partial charge in [0.1, 0.15) is 35.3 Å². The van der Waals surface area contributed by atoms with Crippen LogP contribution in [0.4, 0.5) is 11.5 Å². The molecule has 3 heterocycles. The molecule has 0 bridgehead atoms. The predicted octanol–water partition coefficient (Wildman–Crippen LogP) is 4.28. The van der Waals surface area contributed by atoms with Crippen LogP contribution < -0.4 is 25.4 Å². The van der Waals surface area contributed by atoms with Gasteiger partial charge in [0.2, 0.25) is 5.88 Å². The van der Waals surface area contributed by atoms with Crippen molar-refractivity contribution in [3.63, 3.8) is 0 Å². The number of amides is 1. The van der Waals surface area contributed by atoms with E-state index in [9.17, 15) is 4.79 Å². The highest BCUT2D eigenvalue weighted by Crippen LogP contribution is 2.33. The number of rotatable bonds is 4. The molecule has 2 aliphatic rings. The summed E-state index contributed by atoms with van der Waals surface area (Å²) < 4.78 is 12.1. The van der Waals surface area contributed by atoms with Crippen molar-refractivity contribution in [2.45, 2.75) is 32.8 Å². The molecule has 2 aromatic carbocycles. The van der Waals surface area contributed by atoms with Crippen LogP contribution in [0.2, 0.25) is 0 Å². The highest BCUT2D eigenvalue weighted by Gasteiger charge is 2.37. The SMILES string of the molecule is CC.Nc1ncnc2c1C(=O)N(c1ccc(Oc3ccccc3)cc1)CC(C1CCCNC1)O2. The van der Waals surface area contributed by atoms with E-state index >= 15 is 0 Å². The monoisotopic (exact) mass is 461 g/mol. The smallest absolute Gasteiger partial charge is 0.267 e. The number of benzene rings is 2. The van der Waals surface area contributed by atoms with Crippen LogP contribution >= 0.6 is 0 Å². The topological polar surface area (TPSA) is 103 Å². The number of hydrogen-bond donors (Lipinski definition) is 2. The average molecular weight is 462 g/mol. The average Bonchev–Trinajstić information content (AvgIpc) is 3.04. The molecule has 0 radical (unpaired) electrons. The summed E-state index contributed by atoms with van der Waals surface area (Å²) in [4.78, 5) is 23.4. The molecule has 178 valence electrons. The molecule has 1 amide bonds. The Morgan fingerprint density at radius 1 is 1.06 bits per heavy atom. The molecule has 2 atom stereocenters. The molecule has 0 spiro atoms. The first-order valence-electron chi connectivity index (χ1n) is 11.8. The minimum atomic E-state index is -0.263. The number of ether oxygens (including phenoxy) is 2. The number of carbonyl (C=O) groups excluding carboxylic acids is 1. The molecule has 34 heavy (non-hydrogen) atoms. The largest absolute Gasteiger partial charge is 0.471 e. The normalized spacial score (nSPS) is 19.7. The second kappa shape index (κ2) is 11.0. The summed E-state index contributed by atoms with van der Waals surface area (Å²) in [6.07, 6.45) is 3.23. The Balaban J connectivity index is 0.00000133. The van der Waals surface area contributed by atoms with Crippen LogP contribution in [0.1, 0.15) is 37.0 Å². The minimum absolute atomic E-state index is 0.122. The van der Waals surface area contributed by atoms with E-state index in [4.69, 9.17) is 15.2 Å². The van der Waals surface area contributed by atoms with Gasteiger partial charge in [-0.15, -0.1) is 0 Å². The zero-order valence-corrected chi connectivity index (χ0v) is 19.6. The van der Waals surface area contributed by atoms with Gasteiger partial charge in [-0.25, -0.2) is 9.97 Å². The number of fused-ring (bicyclic) bond motifs is 1. The van der Waals surface area contributed by atoms with E-state index in [0.29, 0.717) is 12.3 Å². The van der Waals surface area contributed by atoms with Crippen molar-refractivity contribution in [2.24, 2.45) is 5.92 Å². The Bertz CT molecular complexity index is 1090. The van der Waals surface area contributed by atoms with Crippen LogP contribution in [0.3, 0.4) is 0 Å². The van der Waals surface area contributed by atoms with Crippen molar-refractivity contribution in [1.29, 1.82) is 0 Å². The molecule has 1 fully saturated rings. The lowest BCUT2D eigenvalue weighted by atomic mass is 9.93. The van der Waals surface area contributed by atoms with Crippen LogP contribution in [0.15, 0.2) is 60.9 Å². The number of nitrogens with zero attached hydrogens (tertiary/aromatic N) is 3. The van der Waals surface area contributed by atoms with Crippen molar-refractivity contribution in [3.8, 4) is 17.4 Å². The van der Waals surface area contributed by atoms with Gasteiger partial charge < -0.3 is 25.4 Å². The fourth-order valence-electron chi connectivity index (χ4n) is 4.23. The van der Waals surface area contributed by atoms with Gasteiger partial charge in [-0.3, -0.25) is 4.79 Å². The van der Waals surface area contributed by atoms with Crippen molar-refractivity contribution >= 4 is 17.4 Å². The van der Waals surface area contributed by atoms with Gasteiger partial charge >= 0.3 is 0 Å². The zero-order chi connectivity index (χ0) is 23.9. The van der Waals surface area contributed by atoms with Gasteiger partial charge in [-0.2, -0.15) is 0 Å². The summed E-state index contributed by atoms with van der Waals surface area (Å²) in [6.45, 7) is 6.24. The molecule has 8 nitrogen and oxygen atoms in total. The van der Waals surface area contributed by atoms with E-state index in [2.05, 4.69) is 15.3 Å². The lowest BCUT2D eigenvalue weighted by Gasteiger charge is -2.32. The van der Waals surface area contributed by atoms with E-state index in [-0.39, 0.29) is 35.2 Å². The van der Waals surface area contributed by atoms with Gasteiger partial charge in [-0.1, -0.05) is 32.0 Å². The van der Waals surface area contributed by atoms with E-state index in [1.807, 2.05) is 68.4 Å². The number of aromatic nitrogens is 2. The third kappa shape index (κ3) is 5.12. The number of piperidine rings is 1. The molecular formula is C26H31N5O3. The standard InChI is InChI=1S/C24H25N5O3.C2H6/c25-22-21-23(28-15-27-22)32-20(16-5-4-12-26-13-16)14-29(24(21)30)17-8-10-19(11-9-17)31-18-6-2-1-3-7-18;1-2/h1-3,6-11,15-16,20,26H,4-5,12-14H2,(H2,25,27,28);1-2H3. The molecular weight excluding hydrogens is 430 g/mol. The maximum absolute atomic E-state index is 13.5. The van der Waals surface area contributed by atoms with Crippen LogP contribution in [0.5, 0.6) is 17.4 Å². The Labute approximate surface area is 200 Å². The van der Waals surface area contributed by atoms with Gasteiger partial charge in [0.15, 0.2) is 0 Å². The molecule has 3 N–H and O–H groups in total. The molecule has 1 saturated heterocycles. The fraction of sp³-hybridized carbons (Fsp3) is 0.346. The Kier molecular flexibility index (Phi) is 7.59. The summed E-state index contributed by atoms with van der Waals surface area (Å²) in [5.41, 5.74) is 7.02. The molecule has 1 aromatic heterocycles. The lowest BCUT2D eigenvalue weighted by Crippen LogP contribution is -2.45. The lowest BCUT2D eigenvalue weighted by molar-refractivity contribution is 0.0972. The van der Waals surface area contributed by atoms with Gasteiger partial charge in [0.05, 0.1) is 6.54 Å². The first kappa shape index (κ1) is 23.5. The maximum Gasteiger partial charge on any atom is 0.267 e. The van der Waals surface area contributed by atoms with Crippen molar-refractivity contribution < 1.29 is 14.3 Å². The van der Waals surface area contributed by atoms with Crippen molar-refractivity contribution in [2.75, 3.05) is 30.3 Å². The van der Waals surface area contributed by atoms with Crippen molar-refractivity contribution in [1.82, 2.24) is 15.3 Å². The van der Waals surface area contributed by atoms with Crippen LogP contribution in [-0.4, -0.2) is 41.6 Å². The van der Waals surface area contributed by atoms with E-state index in [1.54, 1.807) is 4.90 Å². The van der Waals surface area contributed by atoms with Crippen LogP contribution in [0, 0.1) is 5.92 Å². The van der Waals surface area contributed by atoms with E-state index in [1.165, 1.54) is 6.33 Å². The highest BCUT2D eigenvalue weighted by atomic mass is 16.5. The third-order valence-corrected chi connectivity index (χ3v) is 5.91. The molecule has 2 aliphatic heterocycles. The Hall–Kier alpha value is -3.65. The van der Waals surface area contributed by atoms with Crippen molar-refractivity contribution in [3.05, 3.63) is 66.5 Å². The van der Waals surface area contributed by atoms with Gasteiger partial charge in [0, 0.05) is 18.2 Å². The summed E-state index contributed by atoms with van der Waals surface area (Å²) in [5.74, 6) is 1.82. The predicted molar refractivity (Wildman–Crippen MR) is 132 cm³/mol. The Morgan fingerprint density at radius 2 is 1.79 bits per heavy atom. The summed E-state index contributed by atoms with van der Waals surface area (Å²) in [7, 11) is 0. The Morgan fingerprint density at radius 3 is 2.50 bits per heavy atom. The maximum atomic E-state index is 13.5. The molecule has 0 aliphatic carbocycles. The first-order chi connectivity index (χ1) is 16.7. The molecule has 0 saturated carbocycles. The first-order valence-corrected chi connectivity index (χ1v) is 11.8. The summed E-state index contributed by atoms with van der Waals surface area (Å²) in [6, 6.07) is 17.0. The number of nitrogens with one attached hydrogen (secondary N) is 1. The summed E-state index contributed by atoms with van der Waals surface area (Å²) >= 11 is 0. The fourth-order valence-corrected chi connectivity index (χ4v) is 4.23. The van der Waals surface area contributed by atoms with Gasteiger partial charge in [0.25, 0.3) is 5.91 Å². The molecule has 5 rings (SSSR count).